The summed E-state index contributed by atoms with van der Waals surface area (Å²) >= 11 is 0. The first-order valence-electron chi connectivity index (χ1n) is 7.51. The fourth-order valence-corrected chi connectivity index (χ4v) is 2.19. The number of esters is 1. The molecule has 0 atom stereocenters. The fraction of sp³-hybridized carbons (Fsp3) is 0.211. The number of carbonyl (C=O) groups excluding carboxylic acids is 2. The van der Waals surface area contributed by atoms with Gasteiger partial charge in [-0.05, 0) is 41.8 Å². The van der Waals surface area contributed by atoms with Gasteiger partial charge in [-0.25, -0.2) is 0 Å². The van der Waals surface area contributed by atoms with E-state index >= 15 is 0 Å². The number of nitriles is 1. The number of Topliss-reactive ketones (excluding diaryl/α,β-unsaturated/α-hetero) is 1. The van der Waals surface area contributed by atoms with E-state index in [1.165, 1.54) is 0 Å². The summed E-state index contributed by atoms with van der Waals surface area (Å²) in [5.41, 5.74) is 2.03. The highest BCUT2D eigenvalue weighted by Crippen LogP contribution is 2.13. The summed E-state index contributed by atoms with van der Waals surface area (Å²) in [5.74, 6) is -0.647. The molecule has 0 saturated heterocycles. The van der Waals surface area contributed by atoms with Crippen LogP contribution in [0.1, 0.15) is 29.5 Å². The molecule has 24 heavy (non-hydrogen) atoms. The molecule has 0 saturated carbocycles. The third-order valence-electron chi connectivity index (χ3n) is 3.40. The van der Waals surface area contributed by atoms with E-state index in [0.717, 1.165) is 5.56 Å². The molecule has 5 heteroatoms. The molecular formula is C19H17NO4. The standard InChI is InChI=1S/C19H17NO4/c20-12-15-4-1-5-16(9-15)13-24-19(23)11-18(22)8-7-14-3-2-6-17(21)10-14/h1-6,9-10,21H,7-8,11,13H2. The molecular weight excluding hydrogens is 306 g/mol. The maximum atomic E-state index is 11.8. The Bertz CT molecular complexity index is 777. The van der Waals surface area contributed by atoms with Gasteiger partial charge in [0.15, 0.2) is 0 Å². The molecule has 0 aliphatic rings. The van der Waals surface area contributed by atoms with Crippen molar-refractivity contribution in [2.45, 2.75) is 25.9 Å². The van der Waals surface area contributed by atoms with E-state index in [9.17, 15) is 14.7 Å². The minimum absolute atomic E-state index is 0.0359. The highest BCUT2D eigenvalue weighted by atomic mass is 16.5. The summed E-state index contributed by atoms with van der Waals surface area (Å²) in [6.07, 6.45) is 0.393. The Morgan fingerprint density at radius 1 is 1.08 bits per heavy atom. The summed E-state index contributed by atoms with van der Waals surface area (Å²) in [4.78, 5) is 23.5. The molecule has 0 unspecified atom stereocenters. The lowest BCUT2D eigenvalue weighted by Gasteiger charge is -2.05. The number of nitrogens with zero attached hydrogens (tertiary/aromatic N) is 1. The van der Waals surface area contributed by atoms with Gasteiger partial charge >= 0.3 is 5.97 Å². The first-order chi connectivity index (χ1) is 11.6. The molecule has 122 valence electrons. The Balaban J connectivity index is 1.75. The fourth-order valence-electron chi connectivity index (χ4n) is 2.19. The Morgan fingerprint density at radius 3 is 2.58 bits per heavy atom. The van der Waals surface area contributed by atoms with Crippen LogP contribution < -0.4 is 0 Å². The van der Waals surface area contributed by atoms with Crippen LogP contribution in [0.25, 0.3) is 0 Å². The Kier molecular flexibility index (Phi) is 6.09. The average molecular weight is 323 g/mol. The van der Waals surface area contributed by atoms with Crippen LogP contribution in [0.2, 0.25) is 0 Å². The number of aromatic hydroxyl groups is 1. The summed E-state index contributed by atoms with van der Waals surface area (Å²) < 4.78 is 5.06. The number of benzene rings is 2. The van der Waals surface area contributed by atoms with Crippen LogP contribution in [0.3, 0.4) is 0 Å². The van der Waals surface area contributed by atoms with E-state index in [1.54, 1.807) is 42.5 Å². The van der Waals surface area contributed by atoms with Crippen LogP contribution in [0.4, 0.5) is 0 Å². The van der Waals surface area contributed by atoms with Crippen molar-refractivity contribution < 1.29 is 19.4 Å². The van der Waals surface area contributed by atoms with E-state index < -0.39 is 5.97 Å². The van der Waals surface area contributed by atoms with Crippen molar-refractivity contribution in [2.75, 3.05) is 0 Å². The molecule has 0 aliphatic carbocycles. The number of aryl methyl sites for hydroxylation is 1. The van der Waals surface area contributed by atoms with E-state index in [0.29, 0.717) is 17.5 Å². The number of rotatable bonds is 7. The molecule has 0 bridgehead atoms. The predicted molar refractivity (Wildman–Crippen MR) is 87.0 cm³/mol. The van der Waals surface area contributed by atoms with Crippen LogP contribution in [-0.2, 0) is 27.4 Å². The van der Waals surface area contributed by atoms with Crippen molar-refractivity contribution in [1.82, 2.24) is 0 Å². The number of phenolic OH excluding ortho intramolecular Hbond substituents is 1. The highest BCUT2D eigenvalue weighted by Gasteiger charge is 2.11. The van der Waals surface area contributed by atoms with Gasteiger partial charge in [-0.15, -0.1) is 0 Å². The number of hydrogen-bond acceptors (Lipinski definition) is 5. The van der Waals surface area contributed by atoms with Crippen LogP contribution in [-0.4, -0.2) is 16.9 Å². The molecule has 5 nitrogen and oxygen atoms in total. The lowest BCUT2D eigenvalue weighted by molar-refractivity contribution is -0.147. The molecule has 2 aromatic carbocycles. The molecule has 0 aliphatic heterocycles. The number of phenols is 1. The molecule has 0 spiro atoms. The predicted octanol–water partition coefficient (Wildman–Crippen LogP) is 2.90. The van der Waals surface area contributed by atoms with Crippen molar-refractivity contribution in [1.29, 1.82) is 5.26 Å². The van der Waals surface area contributed by atoms with Gasteiger partial charge in [-0.1, -0.05) is 24.3 Å². The summed E-state index contributed by atoms with van der Waals surface area (Å²) in [7, 11) is 0. The molecule has 0 radical (unpaired) electrons. The highest BCUT2D eigenvalue weighted by molar-refractivity contribution is 5.95. The largest absolute Gasteiger partial charge is 0.508 e. The molecule has 1 N–H and O–H groups in total. The maximum Gasteiger partial charge on any atom is 0.313 e. The molecule has 0 heterocycles. The zero-order valence-electron chi connectivity index (χ0n) is 13.1. The van der Waals surface area contributed by atoms with Crippen LogP contribution in [0.5, 0.6) is 5.75 Å². The second kappa shape index (κ2) is 8.49. The van der Waals surface area contributed by atoms with E-state index in [1.807, 2.05) is 12.1 Å². The van der Waals surface area contributed by atoms with Gasteiger partial charge < -0.3 is 9.84 Å². The van der Waals surface area contributed by atoms with E-state index in [4.69, 9.17) is 10.00 Å². The van der Waals surface area contributed by atoms with Crippen molar-refractivity contribution in [3.05, 3.63) is 65.2 Å². The zero-order valence-corrected chi connectivity index (χ0v) is 13.1. The molecule has 0 fully saturated rings. The van der Waals surface area contributed by atoms with Crippen molar-refractivity contribution in [2.24, 2.45) is 0 Å². The molecule has 2 aromatic rings. The van der Waals surface area contributed by atoms with Crippen molar-refractivity contribution >= 4 is 11.8 Å². The normalized spacial score (nSPS) is 9.96. The monoisotopic (exact) mass is 323 g/mol. The quantitative estimate of drug-likeness (QED) is 0.625. The Morgan fingerprint density at radius 2 is 1.83 bits per heavy atom. The number of carbonyl (C=O) groups is 2. The van der Waals surface area contributed by atoms with Crippen LogP contribution >= 0.6 is 0 Å². The van der Waals surface area contributed by atoms with E-state index in [-0.39, 0.29) is 31.0 Å². The second-order valence-corrected chi connectivity index (χ2v) is 5.36. The summed E-state index contributed by atoms with van der Waals surface area (Å²) in [6, 6.07) is 15.4. The maximum absolute atomic E-state index is 11.8. The van der Waals surface area contributed by atoms with Crippen LogP contribution in [0, 0.1) is 11.3 Å². The van der Waals surface area contributed by atoms with E-state index in [2.05, 4.69) is 0 Å². The smallest absolute Gasteiger partial charge is 0.313 e. The SMILES string of the molecule is N#Cc1cccc(COC(=O)CC(=O)CCc2cccc(O)c2)c1. The van der Waals surface area contributed by atoms with Gasteiger partial charge in [0.25, 0.3) is 0 Å². The summed E-state index contributed by atoms with van der Waals surface area (Å²) in [6.45, 7) is 0.0359. The van der Waals surface area contributed by atoms with Gasteiger partial charge in [0.05, 0.1) is 11.6 Å². The minimum atomic E-state index is -0.585. The van der Waals surface area contributed by atoms with Crippen molar-refractivity contribution in [3.63, 3.8) is 0 Å². The molecule has 2 rings (SSSR count). The number of ether oxygens (including phenoxy) is 1. The van der Waals surface area contributed by atoms with Gasteiger partial charge in [-0.3, -0.25) is 9.59 Å². The van der Waals surface area contributed by atoms with Gasteiger partial charge in [0.2, 0.25) is 0 Å². The van der Waals surface area contributed by atoms with Gasteiger partial charge in [-0.2, -0.15) is 5.26 Å². The molecule has 0 amide bonds. The third-order valence-corrected chi connectivity index (χ3v) is 3.40. The van der Waals surface area contributed by atoms with Gasteiger partial charge in [0.1, 0.15) is 24.6 Å². The lowest BCUT2D eigenvalue weighted by Crippen LogP contribution is -2.12. The van der Waals surface area contributed by atoms with Crippen LogP contribution in [0.15, 0.2) is 48.5 Å². The Hall–Kier alpha value is -3.13. The average Bonchev–Trinajstić information content (AvgIpc) is 2.58. The molecule has 0 aromatic heterocycles. The second-order valence-electron chi connectivity index (χ2n) is 5.36. The zero-order chi connectivity index (χ0) is 17.4. The van der Waals surface area contributed by atoms with Crippen molar-refractivity contribution in [3.8, 4) is 11.8 Å². The first kappa shape index (κ1) is 17.2. The number of hydrogen-bond donors (Lipinski definition) is 1. The first-order valence-corrected chi connectivity index (χ1v) is 7.51. The van der Waals surface area contributed by atoms with Gasteiger partial charge in [0, 0.05) is 6.42 Å². The topological polar surface area (TPSA) is 87.4 Å². The number of ketones is 1. The lowest BCUT2D eigenvalue weighted by atomic mass is 10.1. The third kappa shape index (κ3) is 5.58. The Labute approximate surface area is 140 Å². The summed E-state index contributed by atoms with van der Waals surface area (Å²) in [5, 5.41) is 18.2. The minimum Gasteiger partial charge on any atom is -0.508 e.